The molecule has 0 spiro atoms. The van der Waals surface area contributed by atoms with Gasteiger partial charge in [-0.3, -0.25) is 4.79 Å². The lowest BCUT2D eigenvalue weighted by molar-refractivity contribution is -0.123. The van der Waals surface area contributed by atoms with Gasteiger partial charge in [0.25, 0.3) is 5.91 Å². The highest BCUT2D eigenvalue weighted by Gasteiger charge is 2.04. The Bertz CT molecular complexity index is 602. The van der Waals surface area contributed by atoms with Crippen molar-refractivity contribution in [2.45, 2.75) is 6.42 Å². The molecule has 21 heavy (non-hydrogen) atoms. The molecule has 0 saturated carbocycles. The average molecular weight is 324 g/mol. The van der Waals surface area contributed by atoms with Crippen molar-refractivity contribution in [2.75, 3.05) is 13.2 Å². The van der Waals surface area contributed by atoms with Crippen LogP contribution in [0.5, 0.6) is 5.75 Å². The summed E-state index contributed by atoms with van der Waals surface area (Å²) in [5.41, 5.74) is 1.18. The summed E-state index contributed by atoms with van der Waals surface area (Å²) in [5.74, 6) is 0.347. The molecule has 0 radical (unpaired) electrons. The highest BCUT2D eigenvalue weighted by atomic mass is 35.5. The fourth-order valence-corrected chi connectivity index (χ4v) is 2.05. The number of rotatable bonds is 6. The van der Waals surface area contributed by atoms with Crippen LogP contribution in [0.25, 0.3) is 0 Å². The van der Waals surface area contributed by atoms with Crippen molar-refractivity contribution in [3.8, 4) is 5.75 Å². The van der Waals surface area contributed by atoms with Crippen molar-refractivity contribution in [1.29, 1.82) is 0 Å². The molecule has 0 aliphatic carbocycles. The summed E-state index contributed by atoms with van der Waals surface area (Å²) in [7, 11) is 0. The van der Waals surface area contributed by atoms with Crippen LogP contribution in [-0.2, 0) is 11.2 Å². The van der Waals surface area contributed by atoms with E-state index in [0.717, 1.165) is 6.42 Å². The van der Waals surface area contributed by atoms with Crippen LogP contribution in [0.4, 0.5) is 0 Å². The fraction of sp³-hybridized carbons (Fsp3) is 0.188. The van der Waals surface area contributed by atoms with E-state index in [-0.39, 0.29) is 12.5 Å². The van der Waals surface area contributed by atoms with Gasteiger partial charge in [-0.15, -0.1) is 0 Å². The lowest BCUT2D eigenvalue weighted by atomic mass is 10.1. The van der Waals surface area contributed by atoms with E-state index in [0.29, 0.717) is 22.3 Å². The van der Waals surface area contributed by atoms with E-state index in [1.54, 1.807) is 18.2 Å². The average Bonchev–Trinajstić information content (AvgIpc) is 2.49. The van der Waals surface area contributed by atoms with E-state index < -0.39 is 0 Å². The van der Waals surface area contributed by atoms with Crippen molar-refractivity contribution in [3.05, 3.63) is 64.1 Å². The van der Waals surface area contributed by atoms with Gasteiger partial charge in [-0.25, -0.2) is 0 Å². The Morgan fingerprint density at radius 3 is 2.52 bits per heavy atom. The zero-order chi connectivity index (χ0) is 15.1. The molecule has 0 atom stereocenters. The summed E-state index contributed by atoms with van der Waals surface area (Å²) in [5, 5.41) is 3.66. The molecule has 0 aromatic heterocycles. The van der Waals surface area contributed by atoms with Crippen molar-refractivity contribution in [1.82, 2.24) is 5.32 Å². The van der Waals surface area contributed by atoms with Crippen LogP contribution in [0.3, 0.4) is 0 Å². The van der Waals surface area contributed by atoms with E-state index in [2.05, 4.69) is 5.32 Å². The maximum absolute atomic E-state index is 11.7. The zero-order valence-electron chi connectivity index (χ0n) is 11.3. The predicted octanol–water partition coefficient (Wildman–Crippen LogP) is 3.73. The zero-order valence-corrected chi connectivity index (χ0v) is 12.8. The Kier molecular flexibility index (Phi) is 5.90. The molecule has 0 fully saturated rings. The van der Waals surface area contributed by atoms with E-state index in [1.165, 1.54) is 5.56 Å². The number of hydrogen-bond donors (Lipinski definition) is 1. The number of carbonyl (C=O) groups is 1. The third-order valence-electron chi connectivity index (χ3n) is 2.84. The van der Waals surface area contributed by atoms with Gasteiger partial charge in [-0.05, 0) is 24.1 Å². The van der Waals surface area contributed by atoms with Crippen LogP contribution >= 0.6 is 23.2 Å². The first-order valence-corrected chi connectivity index (χ1v) is 7.29. The fourth-order valence-electron chi connectivity index (χ4n) is 1.76. The maximum Gasteiger partial charge on any atom is 0.257 e. The van der Waals surface area contributed by atoms with Crippen LogP contribution in [0, 0.1) is 0 Å². The lowest BCUT2D eigenvalue weighted by Gasteiger charge is -2.08. The number of carbonyl (C=O) groups excluding carboxylic acids is 1. The van der Waals surface area contributed by atoms with Crippen LogP contribution in [0.1, 0.15) is 5.56 Å². The first kappa shape index (κ1) is 15.7. The molecule has 1 N–H and O–H groups in total. The van der Waals surface area contributed by atoms with E-state index in [9.17, 15) is 4.79 Å². The molecule has 3 nitrogen and oxygen atoms in total. The molecule has 0 bridgehead atoms. The number of amides is 1. The topological polar surface area (TPSA) is 38.3 Å². The minimum absolute atomic E-state index is 0.0489. The second kappa shape index (κ2) is 7.91. The van der Waals surface area contributed by atoms with Crippen LogP contribution in [-0.4, -0.2) is 19.1 Å². The Balaban J connectivity index is 1.71. The molecular formula is C16H15Cl2NO2. The van der Waals surface area contributed by atoms with Gasteiger partial charge >= 0.3 is 0 Å². The van der Waals surface area contributed by atoms with Crippen LogP contribution in [0.15, 0.2) is 48.5 Å². The summed E-state index contributed by atoms with van der Waals surface area (Å²) in [4.78, 5) is 11.7. The minimum atomic E-state index is -0.169. The Labute approximate surface area is 133 Å². The Hall–Kier alpha value is -1.71. The van der Waals surface area contributed by atoms with Crippen molar-refractivity contribution in [3.63, 3.8) is 0 Å². The van der Waals surface area contributed by atoms with Gasteiger partial charge in [0, 0.05) is 12.6 Å². The molecule has 0 aliphatic rings. The summed E-state index contributed by atoms with van der Waals surface area (Å²) in [6.07, 6.45) is 0.791. The van der Waals surface area contributed by atoms with E-state index in [4.69, 9.17) is 27.9 Å². The minimum Gasteiger partial charge on any atom is -0.484 e. The highest BCUT2D eigenvalue weighted by molar-refractivity contribution is 6.42. The smallest absolute Gasteiger partial charge is 0.257 e. The first-order valence-electron chi connectivity index (χ1n) is 6.53. The van der Waals surface area contributed by atoms with Crippen molar-refractivity contribution < 1.29 is 9.53 Å². The number of ether oxygens (including phenoxy) is 1. The summed E-state index contributed by atoms with van der Waals surface area (Å²) in [6.45, 7) is 0.528. The van der Waals surface area contributed by atoms with Crippen molar-refractivity contribution in [2.24, 2.45) is 0 Å². The van der Waals surface area contributed by atoms with Crippen molar-refractivity contribution >= 4 is 29.1 Å². The maximum atomic E-state index is 11.7. The number of benzene rings is 2. The molecular weight excluding hydrogens is 309 g/mol. The monoisotopic (exact) mass is 323 g/mol. The van der Waals surface area contributed by atoms with Crippen LogP contribution < -0.4 is 10.1 Å². The Morgan fingerprint density at radius 1 is 1.05 bits per heavy atom. The molecule has 0 aliphatic heterocycles. The largest absolute Gasteiger partial charge is 0.484 e. The number of hydrogen-bond acceptors (Lipinski definition) is 2. The SMILES string of the molecule is O=C(COc1ccc(Cl)c(Cl)c1)NCCc1ccccc1. The highest BCUT2D eigenvalue weighted by Crippen LogP contribution is 2.26. The normalized spacial score (nSPS) is 10.2. The van der Waals surface area contributed by atoms with Gasteiger partial charge in [0.2, 0.25) is 0 Å². The standard InChI is InChI=1S/C16H15Cl2NO2/c17-14-7-6-13(10-15(14)18)21-11-16(20)19-9-8-12-4-2-1-3-5-12/h1-7,10H,8-9,11H2,(H,19,20). The van der Waals surface area contributed by atoms with Gasteiger partial charge in [-0.1, -0.05) is 53.5 Å². The molecule has 0 heterocycles. The molecule has 2 rings (SSSR count). The molecule has 2 aromatic rings. The first-order chi connectivity index (χ1) is 10.1. The molecule has 5 heteroatoms. The van der Waals surface area contributed by atoms with Gasteiger partial charge in [0.05, 0.1) is 10.0 Å². The summed E-state index contributed by atoms with van der Waals surface area (Å²) < 4.78 is 5.35. The molecule has 0 saturated heterocycles. The molecule has 2 aromatic carbocycles. The molecule has 1 amide bonds. The van der Waals surface area contributed by atoms with Gasteiger partial charge in [-0.2, -0.15) is 0 Å². The summed E-state index contributed by atoms with van der Waals surface area (Å²) in [6, 6.07) is 14.9. The third-order valence-corrected chi connectivity index (χ3v) is 3.58. The second-order valence-electron chi connectivity index (χ2n) is 4.45. The molecule has 110 valence electrons. The predicted molar refractivity (Wildman–Crippen MR) is 85.1 cm³/mol. The van der Waals surface area contributed by atoms with E-state index >= 15 is 0 Å². The molecule has 0 unspecified atom stereocenters. The quantitative estimate of drug-likeness (QED) is 0.879. The van der Waals surface area contributed by atoms with Gasteiger partial charge in [0.1, 0.15) is 5.75 Å². The second-order valence-corrected chi connectivity index (χ2v) is 5.26. The third kappa shape index (κ3) is 5.29. The number of halogens is 2. The van der Waals surface area contributed by atoms with Gasteiger partial charge in [0.15, 0.2) is 6.61 Å². The lowest BCUT2D eigenvalue weighted by Crippen LogP contribution is -2.30. The summed E-state index contributed by atoms with van der Waals surface area (Å²) >= 11 is 11.7. The number of nitrogens with one attached hydrogen (secondary N) is 1. The Morgan fingerprint density at radius 2 is 1.81 bits per heavy atom. The van der Waals surface area contributed by atoms with E-state index in [1.807, 2.05) is 30.3 Å². The van der Waals surface area contributed by atoms with Crippen LogP contribution in [0.2, 0.25) is 10.0 Å². The van der Waals surface area contributed by atoms with Gasteiger partial charge < -0.3 is 10.1 Å².